The molecular weight excluding hydrogens is 287 g/mol. The Hall–Kier alpha value is 0.870. The number of hydrogen-bond donors (Lipinski definition) is 1. The molecule has 0 aliphatic heterocycles. The van der Waals surface area contributed by atoms with E-state index in [-0.39, 0.29) is 41.4 Å². The minimum atomic E-state index is -4.04. The van der Waals surface area contributed by atoms with Crippen LogP contribution in [0.15, 0.2) is 0 Å². The van der Waals surface area contributed by atoms with Gasteiger partial charge >= 0.3 is 29.6 Å². The summed E-state index contributed by atoms with van der Waals surface area (Å²) in [6.07, 6.45) is 10.5. The van der Waals surface area contributed by atoms with Crippen LogP contribution in [-0.4, -0.2) is 29.9 Å². The molecule has 0 fully saturated rings. The number of rotatable bonds is 13. The Balaban J connectivity index is 0. The molecule has 4 nitrogen and oxygen atoms in total. The largest absolute Gasteiger partial charge is 1.00 e. The van der Waals surface area contributed by atoms with Gasteiger partial charge in [0.15, 0.2) is 0 Å². The molecule has 116 valence electrons. The van der Waals surface area contributed by atoms with Crippen LogP contribution in [0.1, 0.15) is 77.6 Å². The maximum Gasteiger partial charge on any atom is 1.00 e. The third-order valence-electron chi connectivity index (χ3n) is 3.32. The normalized spacial score (nSPS) is 12.9. The van der Waals surface area contributed by atoms with Crippen LogP contribution < -0.4 is 29.6 Å². The number of aliphatic hydroxyl groups is 1. The molecule has 0 amide bonds. The van der Waals surface area contributed by atoms with E-state index in [1.54, 1.807) is 0 Å². The molecule has 0 spiro atoms. The molecule has 6 heteroatoms. The molecule has 0 aliphatic rings. The number of unbranched alkanes of at least 4 members (excludes halogenated alkanes) is 7. The number of aliphatic hydroxyl groups excluding tert-OH is 1. The average Bonchev–Trinajstić information content (AvgIpc) is 2.32. The summed E-state index contributed by atoms with van der Waals surface area (Å²) in [7, 11) is -4.04. The van der Waals surface area contributed by atoms with Gasteiger partial charge in [0.1, 0.15) is 0 Å². The van der Waals surface area contributed by atoms with Crippen LogP contribution in [0.5, 0.6) is 0 Å². The molecule has 0 bridgehead atoms. The quantitative estimate of drug-likeness (QED) is 0.299. The summed E-state index contributed by atoms with van der Waals surface area (Å²) in [6.45, 7) is 2.18. The molecule has 0 heterocycles. The van der Waals surface area contributed by atoms with E-state index in [1.165, 1.54) is 19.3 Å². The molecule has 0 aliphatic carbocycles. The molecule has 0 saturated carbocycles. The first kappa shape index (κ1) is 23.1. The first-order valence-electron chi connectivity index (χ1n) is 7.57. The molecule has 20 heavy (non-hydrogen) atoms. The fourth-order valence-electron chi connectivity index (χ4n) is 2.14. The Kier molecular flexibility index (Phi) is 17.1. The van der Waals surface area contributed by atoms with E-state index in [9.17, 15) is 18.1 Å². The Morgan fingerprint density at radius 2 is 1.35 bits per heavy atom. The van der Waals surface area contributed by atoms with Gasteiger partial charge in [-0.3, -0.25) is 0 Å². The van der Waals surface area contributed by atoms with Crippen molar-refractivity contribution in [3.8, 4) is 0 Å². The van der Waals surface area contributed by atoms with Crippen molar-refractivity contribution in [2.45, 2.75) is 83.7 Å². The van der Waals surface area contributed by atoms with Crippen LogP contribution in [-0.2, 0) is 10.1 Å². The SMILES string of the molecule is CCCCCCC(O)CCCCCCCS(=O)(=O)[O-].[Na+]. The Morgan fingerprint density at radius 1 is 0.900 bits per heavy atom. The van der Waals surface area contributed by atoms with Gasteiger partial charge in [0, 0.05) is 5.75 Å². The molecule has 0 aromatic heterocycles. The minimum Gasteiger partial charge on any atom is -0.748 e. The first-order chi connectivity index (χ1) is 8.95. The van der Waals surface area contributed by atoms with Crippen molar-refractivity contribution in [2.75, 3.05) is 5.75 Å². The maximum absolute atomic E-state index is 10.4. The molecule has 0 aromatic carbocycles. The van der Waals surface area contributed by atoms with E-state index in [0.29, 0.717) is 6.42 Å². The van der Waals surface area contributed by atoms with Crippen LogP contribution in [0.25, 0.3) is 0 Å². The molecule has 1 unspecified atom stereocenters. The molecule has 0 rings (SSSR count). The summed E-state index contributed by atoms with van der Waals surface area (Å²) in [5.41, 5.74) is 0. The molecule has 0 aromatic rings. The summed E-state index contributed by atoms with van der Waals surface area (Å²) in [4.78, 5) is 0. The van der Waals surface area contributed by atoms with E-state index >= 15 is 0 Å². The van der Waals surface area contributed by atoms with Crippen molar-refractivity contribution < 1.29 is 47.6 Å². The maximum atomic E-state index is 10.4. The predicted octanol–water partition coefficient (Wildman–Crippen LogP) is 0.208. The van der Waals surface area contributed by atoms with E-state index in [2.05, 4.69) is 6.92 Å². The fourth-order valence-corrected chi connectivity index (χ4v) is 2.70. The van der Waals surface area contributed by atoms with Gasteiger partial charge in [-0.25, -0.2) is 8.42 Å². The molecular formula is C14H29NaO4S. The van der Waals surface area contributed by atoms with Crippen molar-refractivity contribution in [1.82, 2.24) is 0 Å². The van der Waals surface area contributed by atoms with E-state index in [4.69, 9.17) is 0 Å². The van der Waals surface area contributed by atoms with Gasteiger partial charge < -0.3 is 9.66 Å². The van der Waals surface area contributed by atoms with Gasteiger partial charge in [0.05, 0.1) is 16.2 Å². The van der Waals surface area contributed by atoms with Crippen LogP contribution in [0, 0.1) is 0 Å². The minimum absolute atomic E-state index is 0. The first-order valence-corrected chi connectivity index (χ1v) is 9.15. The van der Waals surface area contributed by atoms with Gasteiger partial charge in [-0.15, -0.1) is 0 Å². The second-order valence-corrected chi connectivity index (χ2v) is 6.85. The van der Waals surface area contributed by atoms with Gasteiger partial charge in [-0.1, -0.05) is 58.3 Å². The summed E-state index contributed by atoms with van der Waals surface area (Å²) in [5, 5.41) is 9.74. The molecule has 1 N–H and O–H groups in total. The molecule has 1 atom stereocenters. The van der Waals surface area contributed by atoms with Crippen LogP contribution >= 0.6 is 0 Å². The summed E-state index contributed by atoms with van der Waals surface area (Å²) in [6, 6.07) is 0. The van der Waals surface area contributed by atoms with E-state index in [0.717, 1.165) is 44.9 Å². The second kappa shape index (κ2) is 14.8. The zero-order chi connectivity index (χ0) is 14.6. The predicted molar refractivity (Wildman–Crippen MR) is 77.0 cm³/mol. The van der Waals surface area contributed by atoms with Gasteiger partial charge in [0.2, 0.25) is 0 Å². The standard InChI is InChI=1S/C14H30O4S.Na/c1-2-3-4-8-11-14(15)12-9-6-5-7-10-13-19(16,17)18;/h14-15H,2-13H2,1H3,(H,16,17,18);/q;+1/p-1. The molecule has 0 radical (unpaired) electrons. The Morgan fingerprint density at radius 3 is 1.85 bits per heavy atom. The van der Waals surface area contributed by atoms with Crippen molar-refractivity contribution in [3.63, 3.8) is 0 Å². The van der Waals surface area contributed by atoms with E-state index < -0.39 is 10.1 Å². The van der Waals surface area contributed by atoms with Crippen LogP contribution in [0.3, 0.4) is 0 Å². The zero-order valence-corrected chi connectivity index (χ0v) is 16.0. The third-order valence-corrected chi connectivity index (χ3v) is 4.11. The fraction of sp³-hybridized carbons (Fsp3) is 1.00. The van der Waals surface area contributed by atoms with Crippen LogP contribution in [0.4, 0.5) is 0 Å². The van der Waals surface area contributed by atoms with Crippen LogP contribution in [0.2, 0.25) is 0 Å². The smallest absolute Gasteiger partial charge is 0.748 e. The second-order valence-electron chi connectivity index (χ2n) is 5.32. The van der Waals surface area contributed by atoms with Gasteiger partial charge in [0.25, 0.3) is 0 Å². The third kappa shape index (κ3) is 18.9. The average molecular weight is 316 g/mol. The number of hydrogen-bond acceptors (Lipinski definition) is 4. The van der Waals surface area contributed by atoms with Gasteiger partial charge in [-0.05, 0) is 19.3 Å². The van der Waals surface area contributed by atoms with E-state index in [1.807, 2.05) is 0 Å². The summed E-state index contributed by atoms with van der Waals surface area (Å²) < 4.78 is 31.1. The van der Waals surface area contributed by atoms with Crippen molar-refractivity contribution >= 4 is 10.1 Å². The summed E-state index contributed by atoms with van der Waals surface area (Å²) >= 11 is 0. The van der Waals surface area contributed by atoms with Gasteiger partial charge in [-0.2, -0.15) is 0 Å². The Bertz CT molecular complexity index is 294. The van der Waals surface area contributed by atoms with Crippen molar-refractivity contribution in [2.24, 2.45) is 0 Å². The zero-order valence-electron chi connectivity index (χ0n) is 13.1. The van der Waals surface area contributed by atoms with Crippen molar-refractivity contribution in [3.05, 3.63) is 0 Å². The topological polar surface area (TPSA) is 77.4 Å². The van der Waals surface area contributed by atoms with Crippen molar-refractivity contribution in [1.29, 1.82) is 0 Å². The summed E-state index contributed by atoms with van der Waals surface area (Å²) in [5.74, 6) is -0.243. The molecule has 0 saturated heterocycles. The monoisotopic (exact) mass is 316 g/mol. The Labute approximate surface area is 146 Å².